The third-order valence-electron chi connectivity index (χ3n) is 1.83. The first-order chi connectivity index (χ1) is 7.43. The van der Waals surface area contributed by atoms with Crippen molar-refractivity contribution in [2.75, 3.05) is 5.33 Å². The van der Waals surface area contributed by atoms with Gasteiger partial charge in [-0.3, -0.25) is 0 Å². The maximum absolute atomic E-state index is 12.4. The number of hydrogen-bond acceptors (Lipinski definition) is 0. The lowest BCUT2D eigenvalue weighted by Crippen LogP contribution is -2.04. The molecule has 0 aromatic heterocycles. The fraction of sp³-hybridized carbons (Fsp3) is 0.273. The van der Waals surface area contributed by atoms with Crippen LogP contribution < -0.4 is 0 Å². The zero-order valence-electron chi connectivity index (χ0n) is 8.19. The minimum atomic E-state index is -4.36. The van der Waals surface area contributed by atoms with E-state index in [1.54, 1.807) is 12.2 Å². The molecule has 0 fully saturated rings. The van der Waals surface area contributed by atoms with Gasteiger partial charge in [0.1, 0.15) is 0 Å². The molecule has 0 nitrogen and oxygen atoms in total. The Morgan fingerprint density at radius 1 is 1.25 bits per heavy atom. The van der Waals surface area contributed by atoms with Gasteiger partial charge < -0.3 is 0 Å². The van der Waals surface area contributed by atoms with E-state index in [9.17, 15) is 13.2 Å². The van der Waals surface area contributed by atoms with Crippen LogP contribution in [0.4, 0.5) is 13.2 Å². The maximum Gasteiger partial charge on any atom is 0.416 e. The van der Waals surface area contributed by atoms with Gasteiger partial charge in [0, 0.05) is 10.4 Å². The molecule has 0 radical (unpaired) electrons. The molecule has 0 unspecified atom stereocenters. The summed E-state index contributed by atoms with van der Waals surface area (Å²) in [6, 6.07) is 3.50. The Hall–Kier alpha value is -0.480. The number of halogens is 5. The maximum atomic E-state index is 12.4. The summed E-state index contributed by atoms with van der Waals surface area (Å²) in [5, 5.41) is 0.865. The summed E-state index contributed by atoms with van der Waals surface area (Å²) in [7, 11) is 0. The van der Waals surface area contributed by atoms with Crippen LogP contribution in [0.2, 0.25) is 5.02 Å². The highest BCUT2D eigenvalue weighted by Gasteiger charge is 2.30. The van der Waals surface area contributed by atoms with Crippen molar-refractivity contribution in [1.29, 1.82) is 0 Å². The Bertz CT molecular complexity index is 385. The van der Waals surface area contributed by atoms with Gasteiger partial charge >= 0.3 is 6.18 Å². The summed E-state index contributed by atoms with van der Waals surface area (Å²) in [6.45, 7) is 0. The summed E-state index contributed by atoms with van der Waals surface area (Å²) >= 11 is 8.85. The topological polar surface area (TPSA) is 0 Å². The lowest BCUT2D eigenvalue weighted by atomic mass is 10.1. The predicted molar refractivity (Wildman–Crippen MR) is 63.9 cm³/mol. The van der Waals surface area contributed by atoms with Gasteiger partial charge in [-0.2, -0.15) is 13.2 Å². The Balaban J connectivity index is 2.99. The summed E-state index contributed by atoms with van der Waals surface area (Å²) in [4.78, 5) is 0. The lowest BCUT2D eigenvalue weighted by Gasteiger charge is -2.08. The van der Waals surface area contributed by atoms with Crippen LogP contribution in [0, 0.1) is 0 Å². The molecule has 0 aliphatic heterocycles. The van der Waals surface area contributed by atoms with Crippen LogP contribution in [0.5, 0.6) is 0 Å². The largest absolute Gasteiger partial charge is 0.416 e. The van der Waals surface area contributed by atoms with Crippen LogP contribution in [0.3, 0.4) is 0 Å². The molecule has 0 bridgehead atoms. The average molecular weight is 314 g/mol. The molecule has 0 N–H and O–H groups in total. The van der Waals surface area contributed by atoms with Crippen LogP contribution >= 0.6 is 27.5 Å². The first kappa shape index (κ1) is 13.6. The summed E-state index contributed by atoms with van der Waals surface area (Å²) in [5.41, 5.74) is -0.265. The molecule has 0 aliphatic carbocycles. The van der Waals surface area contributed by atoms with Crippen LogP contribution in [0.15, 0.2) is 24.3 Å². The highest BCUT2D eigenvalue weighted by Crippen LogP contribution is 2.32. The van der Waals surface area contributed by atoms with Gasteiger partial charge in [-0.05, 0) is 30.2 Å². The second-order valence-corrected chi connectivity index (χ2v) is 4.38. The molecular weight excluding hydrogens is 304 g/mol. The second kappa shape index (κ2) is 5.73. The second-order valence-electron chi connectivity index (χ2n) is 3.15. The van der Waals surface area contributed by atoms with E-state index in [0.717, 1.165) is 23.9 Å². The standard InChI is InChI=1S/C11H9BrClF3/c12-4-2-1-3-8-5-9(11(14,15)16)7-10(13)6-8/h1,3,5-7H,2,4H2. The molecule has 1 aromatic rings. The van der Waals surface area contributed by atoms with E-state index in [-0.39, 0.29) is 5.02 Å². The van der Waals surface area contributed by atoms with E-state index in [4.69, 9.17) is 11.6 Å². The Morgan fingerprint density at radius 2 is 1.94 bits per heavy atom. The molecule has 88 valence electrons. The third kappa shape index (κ3) is 4.18. The Labute approximate surface area is 105 Å². The van der Waals surface area contributed by atoms with Crippen molar-refractivity contribution < 1.29 is 13.2 Å². The van der Waals surface area contributed by atoms with Gasteiger partial charge in [-0.15, -0.1) is 0 Å². The molecule has 0 spiro atoms. The molecule has 0 heterocycles. The van der Waals surface area contributed by atoms with Gasteiger partial charge in [0.05, 0.1) is 5.56 Å². The highest BCUT2D eigenvalue weighted by atomic mass is 79.9. The molecule has 0 aliphatic rings. The SMILES string of the molecule is FC(F)(F)c1cc(Cl)cc(C=CCCBr)c1. The van der Waals surface area contributed by atoms with Crippen LogP contribution in [0.1, 0.15) is 17.5 Å². The van der Waals surface area contributed by atoms with Gasteiger partial charge in [0.2, 0.25) is 0 Å². The highest BCUT2D eigenvalue weighted by molar-refractivity contribution is 9.09. The van der Waals surface area contributed by atoms with Gasteiger partial charge in [0.15, 0.2) is 0 Å². The molecule has 0 saturated heterocycles. The van der Waals surface area contributed by atoms with Crippen molar-refractivity contribution in [3.63, 3.8) is 0 Å². The average Bonchev–Trinajstić information content (AvgIpc) is 2.16. The number of allylic oxidation sites excluding steroid dienone is 1. The molecular formula is C11H9BrClF3. The van der Waals surface area contributed by atoms with Crippen molar-refractivity contribution in [2.24, 2.45) is 0 Å². The first-order valence-electron chi connectivity index (χ1n) is 4.54. The number of rotatable bonds is 3. The summed E-state index contributed by atoms with van der Waals surface area (Å²) in [6.07, 6.45) is -0.181. The Morgan fingerprint density at radius 3 is 2.50 bits per heavy atom. The zero-order chi connectivity index (χ0) is 12.2. The lowest BCUT2D eigenvalue weighted by molar-refractivity contribution is -0.137. The molecule has 0 atom stereocenters. The molecule has 1 rings (SSSR count). The minimum absolute atomic E-state index is 0.0910. The van der Waals surface area contributed by atoms with E-state index >= 15 is 0 Å². The van der Waals surface area contributed by atoms with Gasteiger partial charge in [-0.25, -0.2) is 0 Å². The smallest absolute Gasteiger partial charge is 0.166 e. The fourth-order valence-corrected chi connectivity index (χ4v) is 1.66. The van der Waals surface area contributed by atoms with E-state index in [2.05, 4.69) is 15.9 Å². The van der Waals surface area contributed by atoms with E-state index in [0.29, 0.717) is 5.56 Å². The normalized spacial score (nSPS) is 12.3. The van der Waals surface area contributed by atoms with Gasteiger partial charge in [-0.1, -0.05) is 39.7 Å². The van der Waals surface area contributed by atoms with Crippen molar-refractivity contribution in [1.82, 2.24) is 0 Å². The number of hydrogen-bond donors (Lipinski definition) is 0. The summed E-state index contributed by atoms with van der Waals surface area (Å²) < 4.78 is 37.3. The van der Waals surface area contributed by atoms with Crippen molar-refractivity contribution in [2.45, 2.75) is 12.6 Å². The molecule has 1 aromatic carbocycles. The number of benzene rings is 1. The molecule has 0 saturated carbocycles. The van der Waals surface area contributed by atoms with Crippen molar-refractivity contribution >= 4 is 33.6 Å². The van der Waals surface area contributed by atoms with E-state index < -0.39 is 11.7 Å². The zero-order valence-corrected chi connectivity index (χ0v) is 10.5. The summed E-state index contributed by atoms with van der Waals surface area (Å²) in [5.74, 6) is 0. The van der Waals surface area contributed by atoms with Crippen LogP contribution in [0.25, 0.3) is 6.08 Å². The fourth-order valence-electron chi connectivity index (χ4n) is 1.15. The monoisotopic (exact) mass is 312 g/mol. The Kier molecular flexibility index (Phi) is 4.87. The third-order valence-corrected chi connectivity index (χ3v) is 2.51. The van der Waals surface area contributed by atoms with Crippen LogP contribution in [-0.4, -0.2) is 5.33 Å². The first-order valence-corrected chi connectivity index (χ1v) is 6.03. The molecule has 16 heavy (non-hydrogen) atoms. The van der Waals surface area contributed by atoms with Crippen molar-refractivity contribution in [3.8, 4) is 0 Å². The van der Waals surface area contributed by atoms with E-state index in [1.807, 2.05) is 0 Å². The number of alkyl halides is 4. The molecule has 0 amide bonds. The van der Waals surface area contributed by atoms with E-state index in [1.165, 1.54) is 6.07 Å². The van der Waals surface area contributed by atoms with Gasteiger partial charge in [0.25, 0.3) is 0 Å². The minimum Gasteiger partial charge on any atom is -0.166 e. The molecule has 5 heteroatoms. The van der Waals surface area contributed by atoms with Crippen LogP contribution in [-0.2, 0) is 6.18 Å². The quantitative estimate of drug-likeness (QED) is 0.676. The predicted octanol–water partition coefficient (Wildman–Crippen LogP) is 5.16. The van der Waals surface area contributed by atoms with Crippen molar-refractivity contribution in [3.05, 3.63) is 40.4 Å².